The van der Waals surface area contributed by atoms with Crippen molar-refractivity contribution in [1.29, 1.82) is 0 Å². The Labute approximate surface area is 131 Å². The van der Waals surface area contributed by atoms with Crippen LogP contribution in [0.5, 0.6) is 0 Å². The van der Waals surface area contributed by atoms with Gasteiger partial charge in [0, 0.05) is 10.5 Å². The van der Waals surface area contributed by atoms with Crippen molar-refractivity contribution in [2.45, 2.75) is 108 Å². The summed E-state index contributed by atoms with van der Waals surface area (Å²) in [5.74, 6) is 0.867. The Morgan fingerprint density at radius 3 is 1.90 bits per heavy atom. The lowest BCUT2D eigenvalue weighted by Crippen LogP contribution is -2.35. The highest BCUT2D eigenvalue weighted by Crippen LogP contribution is 2.49. The summed E-state index contributed by atoms with van der Waals surface area (Å²) in [6.07, 6.45) is 17.8. The molecule has 0 aromatic carbocycles. The smallest absolute Gasteiger partial charge is 0.0104 e. The number of thioether (sulfide) groups is 1. The molecule has 0 radical (unpaired) electrons. The molecule has 2 aliphatic rings. The molecule has 1 saturated carbocycles. The molecule has 2 fully saturated rings. The second-order valence-corrected chi connectivity index (χ2v) is 9.41. The molecule has 1 aliphatic heterocycles. The third-order valence-electron chi connectivity index (χ3n) is 5.81. The van der Waals surface area contributed by atoms with E-state index in [9.17, 15) is 0 Å². The Hall–Kier alpha value is 0.350. The Morgan fingerprint density at radius 1 is 0.800 bits per heavy atom. The van der Waals surface area contributed by atoms with E-state index < -0.39 is 0 Å². The fourth-order valence-corrected chi connectivity index (χ4v) is 6.15. The van der Waals surface area contributed by atoms with Gasteiger partial charge in [0.1, 0.15) is 0 Å². The molecule has 20 heavy (non-hydrogen) atoms. The van der Waals surface area contributed by atoms with E-state index in [0.717, 1.165) is 16.4 Å². The van der Waals surface area contributed by atoms with Crippen LogP contribution in [0.1, 0.15) is 97.8 Å². The Bertz CT molecular complexity index is 261. The van der Waals surface area contributed by atoms with Gasteiger partial charge in [-0.2, -0.15) is 11.8 Å². The van der Waals surface area contributed by atoms with E-state index in [2.05, 4.69) is 32.5 Å². The molecule has 0 aromatic heterocycles. The average Bonchev–Trinajstić information content (AvgIpc) is 2.46. The quantitative estimate of drug-likeness (QED) is 0.538. The van der Waals surface area contributed by atoms with Crippen LogP contribution in [0.2, 0.25) is 0 Å². The number of hydrogen-bond acceptors (Lipinski definition) is 1. The highest BCUT2D eigenvalue weighted by atomic mass is 32.2. The van der Waals surface area contributed by atoms with Gasteiger partial charge in [0.2, 0.25) is 0 Å². The minimum absolute atomic E-state index is 0.634. The molecule has 2 rings (SSSR count). The molecule has 118 valence electrons. The summed E-state index contributed by atoms with van der Waals surface area (Å²) in [5.41, 5.74) is 0.634. The maximum atomic E-state index is 2.63. The largest absolute Gasteiger partial charge is 0.154 e. The fraction of sp³-hybridized carbons (Fsp3) is 1.00. The van der Waals surface area contributed by atoms with Crippen molar-refractivity contribution in [1.82, 2.24) is 0 Å². The first kappa shape index (κ1) is 16.7. The first-order chi connectivity index (χ1) is 9.62. The summed E-state index contributed by atoms with van der Waals surface area (Å²) in [6, 6.07) is 0. The van der Waals surface area contributed by atoms with E-state index in [-0.39, 0.29) is 0 Å². The van der Waals surface area contributed by atoms with E-state index in [1.807, 2.05) is 0 Å². The summed E-state index contributed by atoms with van der Waals surface area (Å²) < 4.78 is 0. The molecule has 1 saturated heterocycles. The molecule has 0 N–H and O–H groups in total. The predicted octanol–water partition coefficient (Wildman–Crippen LogP) is 6.83. The zero-order valence-corrected chi connectivity index (χ0v) is 14.9. The van der Waals surface area contributed by atoms with Crippen molar-refractivity contribution < 1.29 is 0 Å². The SMILES string of the molecule is CC(C)C1CCCC(C2(C)CCCCCCCCC2)S1. The summed E-state index contributed by atoms with van der Waals surface area (Å²) in [5, 5.41) is 1.88. The van der Waals surface area contributed by atoms with Crippen LogP contribution in [0.15, 0.2) is 0 Å². The van der Waals surface area contributed by atoms with Crippen LogP contribution in [0.3, 0.4) is 0 Å². The average molecular weight is 297 g/mol. The molecular formula is C19H36S. The summed E-state index contributed by atoms with van der Waals surface area (Å²) in [7, 11) is 0. The lowest BCUT2D eigenvalue weighted by molar-refractivity contribution is 0.223. The van der Waals surface area contributed by atoms with E-state index >= 15 is 0 Å². The van der Waals surface area contributed by atoms with Crippen LogP contribution < -0.4 is 0 Å². The van der Waals surface area contributed by atoms with Gasteiger partial charge >= 0.3 is 0 Å². The van der Waals surface area contributed by atoms with E-state index in [4.69, 9.17) is 0 Å². The van der Waals surface area contributed by atoms with Crippen LogP contribution in [-0.2, 0) is 0 Å². The summed E-state index contributed by atoms with van der Waals surface area (Å²) in [6.45, 7) is 7.49. The molecule has 1 heterocycles. The van der Waals surface area contributed by atoms with Gasteiger partial charge in [0.15, 0.2) is 0 Å². The second kappa shape index (κ2) is 8.11. The minimum Gasteiger partial charge on any atom is -0.154 e. The second-order valence-electron chi connectivity index (χ2n) is 7.97. The maximum Gasteiger partial charge on any atom is 0.0104 e. The van der Waals surface area contributed by atoms with Gasteiger partial charge in [-0.1, -0.05) is 72.1 Å². The normalized spacial score (nSPS) is 33.0. The summed E-state index contributed by atoms with van der Waals surface area (Å²) in [4.78, 5) is 0. The standard InChI is InChI=1S/C19H36S/c1-16(2)17-12-11-13-18(20-17)19(3)14-9-7-5-4-6-8-10-15-19/h16-18H,4-15H2,1-3H3. The van der Waals surface area contributed by atoms with E-state index in [1.165, 1.54) is 77.0 Å². The van der Waals surface area contributed by atoms with Crippen LogP contribution in [-0.4, -0.2) is 10.5 Å². The first-order valence-electron chi connectivity index (χ1n) is 9.27. The summed E-state index contributed by atoms with van der Waals surface area (Å²) >= 11 is 2.37. The molecule has 0 nitrogen and oxygen atoms in total. The zero-order valence-electron chi connectivity index (χ0n) is 14.1. The van der Waals surface area contributed by atoms with Gasteiger partial charge in [-0.3, -0.25) is 0 Å². The van der Waals surface area contributed by atoms with Crippen molar-refractivity contribution in [3.8, 4) is 0 Å². The predicted molar refractivity (Wildman–Crippen MR) is 93.5 cm³/mol. The van der Waals surface area contributed by atoms with E-state index in [1.54, 1.807) is 0 Å². The highest BCUT2D eigenvalue weighted by Gasteiger charge is 2.37. The monoisotopic (exact) mass is 296 g/mol. The van der Waals surface area contributed by atoms with Crippen molar-refractivity contribution in [3.63, 3.8) is 0 Å². The van der Waals surface area contributed by atoms with Gasteiger partial charge in [-0.15, -0.1) is 0 Å². The number of hydrogen-bond donors (Lipinski definition) is 0. The van der Waals surface area contributed by atoms with Gasteiger partial charge in [0.25, 0.3) is 0 Å². The molecule has 0 spiro atoms. The van der Waals surface area contributed by atoms with Gasteiger partial charge in [0.05, 0.1) is 0 Å². The molecule has 2 unspecified atom stereocenters. The highest BCUT2D eigenvalue weighted by molar-refractivity contribution is 8.00. The van der Waals surface area contributed by atoms with Crippen LogP contribution in [0.25, 0.3) is 0 Å². The molecule has 0 amide bonds. The Balaban J connectivity index is 1.97. The van der Waals surface area contributed by atoms with Crippen molar-refractivity contribution >= 4 is 11.8 Å². The Kier molecular flexibility index (Phi) is 6.78. The van der Waals surface area contributed by atoms with Crippen LogP contribution in [0.4, 0.5) is 0 Å². The van der Waals surface area contributed by atoms with Gasteiger partial charge < -0.3 is 0 Å². The molecule has 0 bridgehead atoms. The molecule has 0 aromatic rings. The van der Waals surface area contributed by atoms with Crippen molar-refractivity contribution in [2.75, 3.05) is 0 Å². The molecule has 1 aliphatic carbocycles. The minimum atomic E-state index is 0.634. The molecule has 1 heteroatoms. The molecular weight excluding hydrogens is 260 g/mol. The van der Waals surface area contributed by atoms with Gasteiger partial charge in [-0.05, 0) is 37.0 Å². The van der Waals surface area contributed by atoms with Gasteiger partial charge in [-0.25, -0.2) is 0 Å². The van der Waals surface area contributed by atoms with Crippen LogP contribution >= 0.6 is 11.8 Å². The molecule has 2 atom stereocenters. The van der Waals surface area contributed by atoms with Crippen molar-refractivity contribution in [3.05, 3.63) is 0 Å². The maximum absolute atomic E-state index is 2.63. The lowest BCUT2D eigenvalue weighted by atomic mass is 9.74. The van der Waals surface area contributed by atoms with Crippen LogP contribution in [0, 0.1) is 11.3 Å². The third kappa shape index (κ3) is 4.68. The lowest BCUT2D eigenvalue weighted by Gasteiger charge is -2.43. The number of rotatable bonds is 2. The first-order valence-corrected chi connectivity index (χ1v) is 10.2. The van der Waals surface area contributed by atoms with Crippen molar-refractivity contribution in [2.24, 2.45) is 11.3 Å². The Morgan fingerprint density at radius 2 is 1.35 bits per heavy atom. The third-order valence-corrected chi connectivity index (χ3v) is 8.07. The topological polar surface area (TPSA) is 0 Å². The van der Waals surface area contributed by atoms with E-state index in [0.29, 0.717) is 5.41 Å². The zero-order chi connectivity index (χ0) is 14.4. The fourth-order valence-electron chi connectivity index (χ4n) is 4.24.